The quantitative estimate of drug-likeness (QED) is 0.197. The highest BCUT2D eigenvalue weighted by atomic mass is 19.1. The molecule has 7 heteroatoms. The molecule has 0 aliphatic rings. The van der Waals surface area contributed by atoms with E-state index in [0.717, 1.165) is 44.2 Å². The summed E-state index contributed by atoms with van der Waals surface area (Å²) in [6, 6.07) is 9.78. The minimum Gasteiger partial charge on any atom is -0.494 e. The van der Waals surface area contributed by atoms with Crippen molar-refractivity contribution in [1.82, 2.24) is 10.3 Å². The normalized spacial score (nSPS) is 10.9. The lowest BCUT2D eigenvalue weighted by Crippen LogP contribution is -2.27. The Balaban J connectivity index is 1.51. The lowest BCUT2D eigenvalue weighted by Gasteiger charge is -2.07. The molecule has 0 spiro atoms. The molecular formula is C21H26FN5O. The van der Waals surface area contributed by atoms with Crippen LogP contribution in [0.4, 0.5) is 10.1 Å². The van der Waals surface area contributed by atoms with E-state index in [2.05, 4.69) is 20.6 Å². The molecule has 0 bridgehead atoms. The number of benzene rings is 1. The van der Waals surface area contributed by atoms with Gasteiger partial charge in [-0.2, -0.15) is 5.26 Å². The summed E-state index contributed by atoms with van der Waals surface area (Å²) in [5.41, 5.74) is 0.784. The second-order valence-corrected chi connectivity index (χ2v) is 6.26. The summed E-state index contributed by atoms with van der Waals surface area (Å²) in [6.07, 6.45) is 11.7. The summed E-state index contributed by atoms with van der Waals surface area (Å²) < 4.78 is 18.4. The molecule has 1 aromatic carbocycles. The molecule has 0 radical (unpaired) electrons. The summed E-state index contributed by atoms with van der Waals surface area (Å²) in [5, 5.41) is 14.4. The van der Waals surface area contributed by atoms with Crippen molar-refractivity contribution in [1.29, 1.82) is 5.26 Å². The van der Waals surface area contributed by atoms with Gasteiger partial charge in [0.25, 0.3) is 0 Å². The van der Waals surface area contributed by atoms with Gasteiger partial charge in [-0.3, -0.25) is 15.3 Å². The van der Waals surface area contributed by atoms with E-state index in [1.165, 1.54) is 12.1 Å². The first-order valence-corrected chi connectivity index (χ1v) is 9.53. The van der Waals surface area contributed by atoms with Gasteiger partial charge in [0.2, 0.25) is 5.96 Å². The fraction of sp³-hybridized carbons (Fsp3) is 0.381. The number of halogens is 1. The molecule has 0 unspecified atom stereocenters. The van der Waals surface area contributed by atoms with E-state index < -0.39 is 0 Å². The number of hydrogen-bond acceptors (Lipinski definition) is 4. The van der Waals surface area contributed by atoms with Crippen molar-refractivity contribution in [3.05, 3.63) is 54.6 Å². The van der Waals surface area contributed by atoms with E-state index in [-0.39, 0.29) is 5.82 Å². The lowest BCUT2D eigenvalue weighted by molar-refractivity contribution is 0.304. The zero-order chi connectivity index (χ0) is 19.9. The number of rotatable bonds is 11. The largest absolute Gasteiger partial charge is 0.494 e. The highest BCUT2D eigenvalue weighted by Gasteiger charge is 1.99. The molecule has 0 fully saturated rings. The molecule has 2 N–H and O–H groups in total. The fourth-order valence-corrected chi connectivity index (χ4v) is 2.57. The van der Waals surface area contributed by atoms with Crippen LogP contribution in [0, 0.1) is 17.3 Å². The zero-order valence-electron chi connectivity index (χ0n) is 15.9. The summed E-state index contributed by atoms with van der Waals surface area (Å²) >= 11 is 0. The first-order chi connectivity index (χ1) is 13.8. The number of aliphatic imine (C=N–C) groups is 1. The predicted molar refractivity (Wildman–Crippen MR) is 109 cm³/mol. The molecule has 1 heterocycles. The minimum absolute atomic E-state index is 0.250. The van der Waals surface area contributed by atoms with Crippen molar-refractivity contribution in [2.24, 2.45) is 4.99 Å². The second kappa shape index (κ2) is 13.1. The number of hydrogen-bond donors (Lipinski definition) is 2. The number of ether oxygens (including phenoxy) is 1. The zero-order valence-corrected chi connectivity index (χ0v) is 15.9. The molecule has 2 aromatic rings. The minimum atomic E-state index is -0.250. The summed E-state index contributed by atoms with van der Waals surface area (Å²) in [7, 11) is 0. The molecule has 0 saturated heterocycles. The fourth-order valence-electron chi connectivity index (χ4n) is 2.57. The van der Waals surface area contributed by atoms with E-state index in [1.807, 2.05) is 18.3 Å². The maximum atomic E-state index is 12.8. The van der Waals surface area contributed by atoms with Crippen LogP contribution in [0.2, 0.25) is 0 Å². The van der Waals surface area contributed by atoms with Gasteiger partial charge in [0, 0.05) is 12.7 Å². The highest BCUT2D eigenvalue weighted by Crippen LogP contribution is 2.12. The van der Waals surface area contributed by atoms with Gasteiger partial charge in [-0.05, 0) is 49.2 Å². The van der Waals surface area contributed by atoms with Gasteiger partial charge >= 0.3 is 0 Å². The third-order valence-corrected chi connectivity index (χ3v) is 4.00. The third-order valence-electron chi connectivity index (χ3n) is 4.00. The Morgan fingerprint density at radius 2 is 1.82 bits per heavy atom. The molecule has 0 atom stereocenters. The Kier molecular flexibility index (Phi) is 9.90. The van der Waals surface area contributed by atoms with Crippen LogP contribution >= 0.6 is 0 Å². The molecule has 148 valence electrons. The molecule has 28 heavy (non-hydrogen) atoms. The maximum absolute atomic E-state index is 12.8. The van der Waals surface area contributed by atoms with Crippen LogP contribution in [0.25, 0.3) is 0 Å². The Morgan fingerprint density at radius 3 is 2.54 bits per heavy atom. The van der Waals surface area contributed by atoms with E-state index in [4.69, 9.17) is 10.00 Å². The Labute approximate surface area is 165 Å². The van der Waals surface area contributed by atoms with Crippen molar-refractivity contribution in [2.75, 3.05) is 18.5 Å². The topological polar surface area (TPSA) is 82.3 Å². The van der Waals surface area contributed by atoms with Crippen LogP contribution in [-0.4, -0.2) is 24.1 Å². The van der Waals surface area contributed by atoms with Crippen molar-refractivity contribution in [3.63, 3.8) is 0 Å². The molecule has 0 saturated carbocycles. The Bertz CT molecular complexity index is 744. The van der Waals surface area contributed by atoms with Gasteiger partial charge in [-0.15, -0.1) is 0 Å². The van der Waals surface area contributed by atoms with Crippen LogP contribution in [0.15, 0.2) is 53.8 Å². The van der Waals surface area contributed by atoms with Crippen LogP contribution in [-0.2, 0) is 0 Å². The Hall–Kier alpha value is -3.14. The average molecular weight is 383 g/mol. The van der Waals surface area contributed by atoms with Crippen LogP contribution in [0.1, 0.15) is 38.5 Å². The van der Waals surface area contributed by atoms with Crippen LogP contribution < -0.4 is 15.4 Å². The van der Waals surface area contributed by atoms with Gasteiger partial charge in [-0.1, -0.05) is 25.7 Å². The number of pyridine rings is 1. The number of nitrogens with zero attached hydrogens (tertiary/aromatic N) is 3. The van der Waals surface area contributed by atoms with Gasteiger partial charge in [-0.25, -0.2) is 4.39 Å². The number of aromatic nitrogens is 1. The van der Waals surface area contributed by atoms with Gasteiger partial charge in [0.05, 0.1) is 18.5 Å². The van der Waals surface area contributed by atoms with Crippen molar-refractivity contribution >= 4 is 11.6 Å². The van der Waals surface area contributed by atoms with E-state index in [0.29, 0.717) is 24.9 Å². The SMILES string of the molecule is N#CNC(=NCCCCCCCCOc1ccc(F)cc1)Nc1cccnc1. The first-order valence-electron chi connectivity index (χ1n) is 9.53. The number of unbranched alkanes of at least 4 members (excludes halogenated alkanes) is 5. The van der Waals surface area contributed by atoms with Crippen LogP contribution in [0.3, 0.4) is 0 Å². The van der Waals surface area contributed by atoms with Crippen molar-refractivity contribution < 1.29 is 9.13 Å². The van der Waals surface area contributed by atoms with Gasteiger partial charge < -0.3 is 10.1 Å². The number of guanidine groups is 1. The van der Waals surface area contributed by atoms with Gasteiger partial charge in [0.1, 0.15) is 11.6 Å². The molecule has 0 aliphatic carbocycles. The van der Waals surface area contributed by atoms with Crippen molar-refractivity contribution in [2.45, 2.75) is 38.5 Å². The lowest BCUT2D eigenvalue weighted by atomic mass is 10.1. The van der Waals surface area contributed by atoms with E-state index >= 15 is 0 Å². The van der Waals surface area contributed by atoms with Crippen LogP contribution in [0.5, 0.6) is 5.75 Å². The smallest absolute Gasteiger partial charge is 0.209 e. The first kappa shape index (κ1) is 21.2. The average Bonchev–Trinajstić information content (AvgIpc) is 2.71. The molecule has 2 rings (SSSR count). The highest BCUT2D eigenvalue weighted by molar-refractivity contribution is 5.94. The Morgan fingerprint density at radius 1 is 1.07 bits per heavy atom. The standard InChI is InChI=1S/C21H26FN5O/c22-18-9-11-20(12-10-18)28-15-6-4-2-1-3-5-14-25-21(26-17-23)27-19-8-7-13-24-16-19/h7-13,16H,1-6,14-15H2,(H2,25,26,27). The molecular weight excluding hydrogens is 357 g/mol. The monoisotopic (exact) mass is 383 g/mol. The second-order valence-electron chi connectivity index (χ2n) is 6.26. The molecule has 0 amide bonds. The summed E-state index contributed by atoms with van der Waals surface area (Å²) in [6.45, 7) is 1.31. The van der Waals surface area contributed by atoms with Crippen molar-refractivity contribution in [3.8, 4) is 11.9 Å². The van der Waals surface area contributed by atoms with Gasteiger partial charge in [0.15, 0.2) is 6.19 Å². The van der Waals surface area contributed by atoms with E-state index in [1.54, 1.807) is 24.5 Å². The number of nitriles is 1. The van der Waals surface area contributed by atoms with E-state index in [9.17, 15) is 4.39 Å². The third kappa shape index (κ3) is 8.99. The number of anilines is 1. The number of nitrogens with one attached hydrogen (secondary N) is 2. The summed E-state index contributed by atoms with van der Waals surface area (Å²) in [5.74, 6) is 0.898. The molecule has 0 aliphatic heterocycles. The molecule has 1 aromatic heterocycles. The maximum Gasteiger partial charge on any atom is 0.209 e. The molecule has 6 nitrogen and oxygen atoms in total. The summed E-state index contributed by atoms with van der Waals surface area (Å²) in [4.78, 5) is 8.41. The predicted octanol–water partition coefficient (Wildman–Crippen LogP) is 4.48.